The van der Waals surface area contributed by atoms with Crippen LogP contribution in [0.1, 0.15) is 11.3 Å². The molecule has 0 bridgehead atoms. The number of aromatic nitrogens is 2. The minimum atomic E-state index is -0.133. The van der Waals surface area contributed by atoms with E-state index in [9.17, 15) is 0 Å². The van der Waals surface area contributed by atoms with E-state index in [2.05, 4.69) is 16.9 Å². The Morgan fingerprint density at radius 1 is 1.37 bits per heavy atom. The van der Waals surface area contributed by atoms with E-state index in [1.807, 2.05) is 42.1 Å². The number of aliphatic hydroxyl groups excluding tert-OH is 1. The first-order valence-electron chi connectivity index (χ1n) is 6.09. The van der Waals surface area contributed by atoms with E-state index in [4.69, 9.17) is 9.84 Å². The second-order valence-electron chi connectivity index (χ2n) is 4.03. The van der Waals surface area contributed by atoms with Crippen LogP contribution in [-0.2, 0) is 13.5 Å². The van der Waals surface area contributed by atoms with Crippen molar-refractivity contribution in [3.63, 3.8) is 0 Å². The largest absolute Gasteiger partial charge is 0.493 e. The first-order valence-corrected chi connectivity index (χ1v) is 6.09. The number of hydrogen-bond acceptors (Lipinski definition) is 3. The summed E-state index contributed by atoms with van der Waals surface area (Å²) in [7, 11) is 1.92. The minimum Gasteiger partial charge on any atom is -0.493 e. The topological polar surface area (TPSA) is 47.3 Å². The first-order chi connectivity index (χ1) is 9.29. The molecule has 0 unspecified atom stereocenters. The molecule has 1 aromatic carbocycles. The lowest BCUT2D eigenvalue weighted by atomic mass is 10.2. The molecule has 0 fully saturated rings. The SMILES string of the molecule is Cn1nccc1CCOc1cccc(C#CCO)c1. The molecular weight excluding hydrogens is 240 g/mol. The van der Waals surface area contributed by atoms with Crippen molar-refractivity contribution in [1.29, 1.82) is 0 Å². The number of aliphatic hydroxyl groups is 1. The molecule has 0 saturated heterocycles. The van der Waals surface area contributed by atoms with Crippen LogP contribution in [0.4, 0.5) is 0 Å². The minimum absolute atomic E-state index is 0.133. The van der Waals surface area contributed by atoms with Crippen molar-refractivity contribution < 1.29 is 9.84 Å². The Morgan fingerprint density at radius 3 is 3.00 bits per heavy atom. The number of hydrogen-bond donors (Lipinski definition) is 1. The zero-order chi connectivity index (χ0) is 13.5. The van der Waals surface area contributed by atoms with Gasteiger partial charge in [0.25, 0.3) is 0 Å². The molecule has 4 heteroatoms. The van der Waals surface area contributed by atoms with Crippen LogP contribution in [0.5, 0.6) is 5.75 Å². The molecule has 19 heavy (non-hydrogen) atoms. The second-order valence-corrected chi connectivity index (χ2v) is 4.03. The third kappa shape index (κ3) is 3.87. The molecule has 1 aromatic heterocycles. The van der Waals surface area contributed by atoms with Gasteiger partial charge in [-0.05, 0) is 24.3 Å². The Labute approximate surface area is 112 Å². The van der Waals surface area contributed by atoms with Crippen LogP contribution in [0.2, 0.25) is 0 Å². The van der Waals surface area contributed by atoms with E-state index in [0.717, 1.165) is 23.4 Å². The monoisotopic (exact) mass is 256 g/mol. The number of nitrogens with zero attached hydrogens (tertiary/aromatic N) is 2. The summed E-state index contributed by atoms with van der Waals surface area (Å²) in [4.78, 5) is 0. The summed E-state index contributed by atoms with van der Waals surface area (Å²) in [6.07, 6.45) is 2.59. The molecule has 0 radical (unpaired) electrons. The van der Waals surface area contributed by atoms with Crippen molar-refractivity contribution in [2.75, 3.05) is 13.2 Å². The van der Waals surface area contributed by atoms with E-state index in [-0.39, 0.29) is 6.61 Å². The summed E-state index contributed by atoms with van der Waals surface area (Å²) in [6, 6.07) is 9.52. The van der Waals surface area contributed by atoms with Gasteiger partial charge in [0.2, 0.25) is 0 Å². The van der Waals surface area contributed by atoms with Gasteiger partial charge in [-0.1, -0.05) is 17.9 Å². The van der Waals surface area contributed by atoms with Gasteiger partial charge >= 0.3 is 0 Å². The quantitative estimate of drug-likeness (QED) is 0.841. The van der Waals surface area contributed by atoms with Crippen LogP contribution in [0.3, 0.4) is 0 Å². The van der Waals surface area contributed by atoms with Gasteiger partial charge < -0.3 is 9.84 Å². The van der Waals surface area contributed by atoms with E-state index >= 15 is 0 Å². The molecule has 0 aliphatic heterocycles. The average molecular weight is 256 g/mol. The average Bonchev–Trinajstić information content (AvgIpc) is 2.83. The van der Waals surface area contributed by atoms with Gasteiger partial charge in [0.05, 0.1) is 6.61 Å². The molecule has 1 N–H and O–H groups in total. The number of benzene rings is 1. The van der Waals surface area contributed by atoms with Crippen LogP contribution < -0.4 is 4.74 Å². The van der Waals surface area contributed by atoms with E-state index < -0.39 is 0 Å². The predicted octanol–water partition coefficient (Wildman–Crippen LogP) is 1.39. The Balaban J connectivity index is 1.91. The van der Waals surface area contributed by atoms with Gasteiger partial charge in [0, 0.05) is 30.9 Å². The number of ether oxygens (including phenoxy) is 1. The van der Waals surface area contributed by atoms with Crippen LogP contribution >= 0.6 is 0 Å². The standard InChI is InChI=1S/C15H16N2O2/c1-17-14(7-9-16-17)8-11-19-15-6-2-4-13(12-15)5-3-10-18/h2,4,6-7,9,12,18H,8,10-11H2,1H3. The fraction of sp³-hybridized carbons (Fsp3) is 0.267. The van der Waals surface area contributed by atoms with Crippen molar-refractivity contribution in [3.8, 4) is 17.6 Å². The molecule has 2 rings (SSSR count). The van der Waals surface area contributed by atoms with Gasteiger partial charge in [-0.15, -0.1) is 0 Å². The van der Waals surface area contributed by atoms with Crippen LogP contribution in [0.15, 0.2) is 36.5 Å². The molecule has 0 aliphatic rings. The molecular formula is C15H16N2O2. The second kappa shape index (κ2) is 6.62. The lowest BCUT2D eigenvalue weighted by Gasteiger charge is -2.06. The summed E-state index contributed by atoms with van der Waals surface area (Å²) >= 11 is 0. The zero-order valence-electron chi connectivity index (χ0n) is 10.8. The molecule has 4 nitrogen and oxygen atoms in total. The lowest BCUT2D eigenvalue weighted by Crippen LogP contribution is -2.05. The summed E-state index contributed by atoms with van der Waals surface area (Å²) in [5.74, 6) is 6.25. The van der Waals surface area contributed by atoms with Crippen molar-refractivity contribution in [2.24, 2.45) is 7.05 Å². The Hall–Kier alpha value is -2.25. The molecule has 2 aromatic rings. The Kier molecular flexibility index (Phi) is 4.60. The van der Waals surface area contributed by atoms with Crippen molar-refractivity contribution >= 4 is 0 Å². The van der Waals surface area contributed by atoms with E-state index in [1.54, 1.807) is 6.20 Å². The number of aryl methyl sites for hydroxylation is 1. The highest BCUT2D eigenvalue weighted by Gasteiger charge is 1.99. The highest BCUT2D eigenvalue weighted by Crippen LogP contribution is 2.13. The fourth-order valence-electron chi connectivity index (χ4n) is 1.73. The van der Waals surface area contributed by atoms with Gasteiger partial charge in [-0.3, -0.25) is 4.68 Å². The molecule has 0 spiro atoms. The molecule has 98 valence electrons. The summed E-state index contributed by atoms with van der Waals surface area (Å²) in [6.45, 7) is 0.460. The van der Waals surface area contributed by atoms with Gasteiger partial charge in [-0.25, -0.2) is 0 Å². The molecule has 1 heterocycles. The highest BCUT2D eigenvalue weighted by atomic mass is 16.5. The molecule has 0 saturated carbocycles. The van der Waals surface area contributed by atoms with Crippen molar-refractivity contribution in [1.82, 2.24) is 9.78 Å². The fourth-order valence-corrected chi connectivity index (χ4v) is 1.73. The van der Waals surface area contributed by atoms with E-state index in [0.29, 0.717) is 6.61 Å². The zero-order valence-corrected chi connectivity index (χ0v) is 10.8. The Morgan fingerprint density at radius 2 is 2.26 bits per heavy atom. The third-order valence-corrected chi connectivity index (χ3v) is 2.70. The van der Waals surface area contributed by atoms with Crippen molar-refractivity contribution in [2.45, 2.75) is 6.42 Å². The maximum Gasteiger partial charge on any atom is 0.120 e. The lowest BCUT2D eigenvalue weighted by molar-refractivity contribution is 0.318. The maximum atomic E-state index is 8.66. The smallest absolute Gasteiger partial charge is 0.120 e. The van der Waals surface area contributed by atoms with E-state index in [1.165, 1.54) is 0 Å². The Bertz CT molecular complexity index is 593. The number of rotatable bonds is 4. The van der Waals surface area contributed by atoms with Gasteiger partial charge in [0.15, 0.2) is 0 Å². The van der Waals surface area contributed by atoms with Crippen LogP contribution in [0, 0.1) is 11.8 Å². The van der Waals surface area contributed by atoms with Gasteiger partial charge in [0.1, 0.15) is 12.4 Å². The molecule has 0 atom stereocenters. The summed E-state index contributed by atoms with van der Waals surface area (Å²) in [5, 5.41) is 12.8. The van der Waals surface area contributed by atoms with Crippen LogP contribution in [0.25, 0.3) is 0 Å². The summed E-state index contributed by atoms with van der Waals surface area (Å²) < 4.78 is 7.52. The normalized spacial score (nSPS) is 9.79. The summed E-state index contributed by atoms with van der Waals surface area (Å²) in [5.41, 5.74) is 1.98. The predicted molar refractivity (Wildman–Crippen MR) is 72.8 cm³/mol. The molecule has 0 amide bonds. The van der Waals surface area contributed by atoms with Crippen LogP contribution in [-0.4, -0.2) is 28.1 Å². The third-order valence-electron chi connectivity index (χ3n) is 2.70. The van der Waals surface area contributed by atoms with Crippen molar-refractivity contribution in [3.05, 3.63) is 47.8 Å². The maximum absolute atomic E-state index is 8.66. The first kappa shape index (κ1) is 13.2. The van der Waals surface area contributed by atoms with Gasteiger partial charge in [-0.2, -0.15) is 5.10 Å². The highest BCUT2D eigenvalue weighted by molar-refractivity contribution is 5.39. The molecule has 0 aliphatic carbocycles.